The molecule has 4 rings (SSSR count). The van der Waals surface area contributed by atoms with Gasteiger partial charge >= 0.3 is 11.9 Å². The molecule has 0 saturated carbocycles. The zero-order chi connectivity index (χ0) is 29.9. The van der Waals surface area contributed by atoms with Crippen LogP contribution in [-0.2, 0) is 9.84 Å². The molecular weight excluding hydrogens is 548 g/mol. The molecule has 4 aromatic carbocycles. The van der Waals surface area contributed by atoms with Crippen molar-refractivity contribution in [1.82, 2.24) is 0 Å². The van der Waals surface area contributed by atoms with Gasteiger partial charge < -0.3 is 20.8 Å². The van der Waals surface area contributed by atoms with Gasteiger partial charge in [0.05, 0.1) is 32.0 Å². The molecule has 0 aromatic heterocycles. The first-order valence-electron chi connectivity index (χ1n) is 12.1. The van der Waals surface area contributed by atoms with Crippen molar-refractivity contribution in [3.8, 4) is 0 Å². The van der Waals surface area contributed by atoms with E-state index < -0.39 is 33.6 Å². The molecule has 0 heterocycles. The highest BCUT2D eigenvalue weighted by Gasteiger charge is 2.21. The molecule has 0 aliphatic heterocycles. The minimum atomic E-state index is -3.96. The summed E-state index contributed by atoms with van der Waals surface area (Å²) in [5, 5.41) is 23.9. The van der Waals surface area contributed by atoms with E-state index >= 15 is 0 Å². The van der Waals surface area contributed by atoms with Gasteiger partial charge in [0.15, 0.2) is 0 Å². The Bertz CT molecular complexity index is 1670. The number of carboxylic acids is 2. The summed E-state index contributed by atoms with van der Waals surface area (Å²) in [6, 6.07) is 19.6. The number of carbonyl (C=O) groups is 4. The highest BCUT2D eigenvalue weighted by Crippen LogP contribution is 2.25. The van der Waals surface area contributed by atoms with E-state index in [0.717, 1.165) is 0 Å². The van der Waals surface area contributed by atoms with Gasteiger partial charge in [0.25, 0.3) is 11.8 Å². The summed E-state index contributed by atoms with van der Waals surface area (Å²) in [4.78, 5) is 48.3. The van der Waals surface area contributed by atoms with Crippen molar-refractivity contribution >= 4 is 45.0 Å². The fourth-order valence-electron chi connectivity index (χ4n) is 4.03. The van der Waals surface area contributed by atoms with E-state index in [0.29, 0.717) is 11.1 Å². The van der Waals surface area contributed by atoms with Gasteiger partial charge in [-0.1, -0.05) is 23.3 Å². The third kappa shape index (κ3) is 6.31. The lowest BCUT2D eigenvalue weighted by Gasteiger charge is -2.11. The van der Waals surface area contributed by atoms with Crippen LogP contribution in [0.5, 0.6) is 0 Å². The molecule has 0 bridgehead atoms. The Morgan fingerprint density at radius 2 is 0.878 bits per heavy atom. The quantitative estimate of drug-likeness (QED) is 0.228. The van der Waals surface area contributed by atoms with Gasteiger partial charge in [-0.2, -0.15) is 0 Å². The second kappa shape index (κ2) is 11.4. The first-order valence-corrected chi connectivity index (χ1v) is 13.6. The molecule has 0 aliphatic carbocycles. The Hall–Kier alpha value is -5.29. The number of hydrogen-bond acceptors (Lipinski definition) is 6. The molecule has 11 heteroatoms. The number of hydrogen-bond donors (Lipinski definition) is 4. The van der Waals surface area contributed by atoms with Gasteiger partial charge in [0.1, 0.15) is 0 Å². The Labute approximate surface area is 235 Å². The van der Waals surface area contributed by atoms with Crippen LogP contribution < -0.4 is 10.6 Å². The molecule has 4 aromatic rings. The second-order valence-electron chi connectivity index (χ2n) is 9.17. The topological polar surface area (TPSA) is 167 Å². The molecule has 0 spiro atoms. The van der Waals surface area contributed by atoms with Gasteiger partial charge in [0.2, 0.25) is 9.84 Å². The fraction of sp³-hybridized carbons (Fsp3) is 0.0667. The zero-order valence-corrected chi connectivity index (χ0v) is 22.7. The molecule has 41 heavy (non-hydrogen) atoms. The summed E-state index contributed by atoms with van der Waals surface area (Å²) in [6.07, 6.45) is 0. The van der Waals surface area contributed by atoms with Crippen molar-refractivity contribution < 1.29 is 37.8 Å². The molecule has 2 amide bonds. The van der Waals surface area contributed by atoms with Crippen molar-refractivity contribution in [2.75, 3.05) is 10.6 Å². The number of rotatable bonds is 8. The average molecular weight is 573 g/mol. The van der Waals surface area contributed by atoms with E-state index in [-0.39, 0.29) is 43.4 Å². The van der Waals surface area contributed by atoms with Gasteiger partial charge in [0, 0.05) is 11.4 Å². The minimum absolute atomic E-state index is 0.0338. The maximum absolute atomic E-state index is 13.1. The van der Waals surface area contributed by atoms with Gasteiger partial charge in [-0.3, -0.25) is 9.59 Å². The first kappa shape index (κ1) is 28.7. The summed E-state index contributed by atoms with van der Waals surface area (Å²) >= 11 is 0. The number of anilines is 2. The lowest BCUT2D eigenvalue weighted by Crippen LogP contribution is -2.17. The van der Waals surface area contributed by atoms with E-state index in [2.05, 4.69) is 10.6 Å². The lowest BCUT2D eigenvalue weighted by atomic mass is 10.0. The largest absolute Gasteiger partial charge is 0.478 e. The second-order valence-corrected chi connectivity index (χ2v) is 11.1. The third-order valence-corrected chi connectivity index (χ3v) is 7.93. The van der Waals surface area contributed by atoms with Gasteiger partial charge in [-0.25, -0.2) is 18.0 Å². The molecular formula is C30H24N2O8S. The van der Waals surface area contributed by atoms with Crippen LogP contribution in [0.15, 0.2) is 94.7 Å². The molecule has 0 fully saturated rings. The minimum Gasteiger partial charge on any atom is -0.478 e. The molecule has 0 aliphatic rings. The number of aryl methyl sites for hydroxylation is 2. The molecule has 0 saturated heterocycles. The molecule has 208 valence electrons. The molecule has 0 radical (unpaired) electrons. The van der Waals surface area contributed by atoms with Crippen LogP contribution in [0.4, 0.5) is 11.4 Å². The van der Waals surface area contributed by atoms with Crippen LogP contribution in [0, 0.1) is 13.8 Å². The molecule has 10 nitrogen and oxygen atoms in total. The zero-order valence-electron chi connectivity index (χ0n) is 21.8. The maximum Gasteiger partial charge on any atom is 0.336 e. The number of sulfone groups is 1. The standard InChI is InChI=1S/C30H24N2O8S/c1-17-3-13-23(25(15-17)29(35)36)27(33)31-19-5-9-21(10-6-19)41(39,40)22-11-7-20(8-12-22)32-28(34)24-14-4-18(2)16-26(24)30(37)38/h3-16H,1-2H3,(H,31,33)(H,32,34)(H,35,36)(H,37,38). The van der Waals surface area contributed by atoms with Crippen molar-refractivity contribution in [3.05, 3.63) is 118 Å². The Balaban J connectivity index is 1.48. The van der Waals surface area contributed by atoms with Crippen LogP contribution in [-0.4, -0.2) is 42.4 Å². The van der Waals surface area contributed by atoms with Crippen LogP contribution in [0.1, 0.15) is 52.6 Å². The predicted molar refractivity (Wildman–Crippen MR) is 151 cm³/mol. The normalized spacial score (nSPS) is 11.0. The van der Waals surface area contributed by atoms with Crippen molar-refractivity contribution in [1.29, 1.82) is 0 Å². The van der Waals surface area contributed by atoms with Crippen molar-refractivity contribution in [3.63, 3.8) is 0 Å². The van der Waals surface area contributed by atoms with Gasteiger partial charge in [-0.05, 0) is 86.6 Å². The number of carbonyl (C=O) groups excluding carboxylic acids is 2. The van der Waals surface area contributed by atoms with Crippen LogP contribution in [0.25, 0.3) is 0 Å². The van der Waals surface area contributed by atoms with Crippen molar-refractivity contribution in [2.45, 2.75) is 23.6 Å². The Morgan fingerprint density at radius 3 is 1.20 bits per heavy atom. The number of amides is 2. The first-order chi connectivity index (χ1) is 19.4. The van der Waals surface area contributed by atoms with E-state index in [1.54, 1.807) is 26.0 Å². The number of carboxylic acid groups (broad SMARTS) is 2. The van der Waals surface area contributed by atoms with Crippen LogP contribution >= 0.6 is 0 Å². The van der Waals surface area contributed by atoms with E-state index in [1.807, 2.05) is 0 Å². The summed E-state index contributed by atoms with van der Waals surface area (Å²) in [6.45, 7) is 3.41. The third-order valence-electron chi connectivity index (χ3n) is 6.15. The molecule has 0 atom stereocenters. The molecule has 0 unspecified atom stereocenters. The SMILES string of the molecule is Cc1ccc(C(=O)Nc2ccc(S(=O)(=O)c3ccc(NC(=O)c4ccc(C)cc4C(=O)O)cc3)cc2)c(C(=O)O)c1. The summed E-state index contributed by atoms with van der Waals surface area (Å²) < 4.78 is 26.3. The van der Waals surface area contributed by atoms with E-state index in [4.69, 9.17) is 0 Å². The maximum atomic E-state index is 13.1. The highest BCUT2D eigenvalue weighted by atomic mass is 32.2. The Kier molecular flexibility index (Phi) is 8.01. The highest BCUT2D eigenvalue weighted by molar-refractivity contribution is 7.91. The summed E-state index contributed by atoms with van der Waals surface area (Å²) in [5.41, 5.74) is 1.53. The number of benzene rings is 4. The van der Waals surface area contributed by atoms with Crippen LogP contribution in [0.3, 0.4) is 0 Å². The average Bonchev–Trinajstić information content (AvgIpc) is 2.93. The van der Waals surface area contributed by atoms with Crippen molar-refractivity contribution in [2.24, 2.45) is 0 Å². The Morgan fingerprint density at radius 1 is 0.537 bits per heavy atom. The van der Waals surface area contributed by atoms with Gasteiger partial charge in [-0.15, -0.1) is 0 Å². The lowest BCUT2D eigenvalue weighted by molar-refractivity contribution is 0.0683. The fourth-order valence-corrected chi connectivity index (χ4v) is 5.29. The van der Waals surface area contributed by atoms with E-state index in [1.165, 1.54) is 72.8 Å². The number of nitrogens with one attached hydrogen (secondary N) is 2. The predicted octanol–water partition coefficient (Wildman–Crippen LogP) is 5.04. The summed E-state index contributed by atoms with van der Waals surface area (Å²) in [7, 11) is -3.96. The van der Waals surface area contributed by atoms with Crippen LogP contribution in [0.2, 0.25) is 0 Å². The molecule has 4 N–H and O–H groups in total. The number of aromatic carboxylic acids is 2. The smallest absolute Gasteiger partial charge is 0.336 e. The monoisotopic (exact) mass is 572 g/mol. The summed E-state index contributed by atoms with van der Waals surface area (Å²) in [5.74, 6) is -3.80. The van der Waals surface area contributed by atoms with E-state index in [9.17, 15) is 37.8 Å².